The monoisotopic (exact) mass is 297 g/mol. The summed E-state index contributed by atoms with van der Waals surface area (Å²) in [5.74, 6) is 1.73. The smallest absolute Gasteiger partial charge is 0.170 e. The minimum Gasteiger partial charge on any atom is -0.364 e. The van der Waals surface area contributed by atoms with Gasteiger partial charge in [0.2, 0.25) is 0 Å². The first-order chi connectivity index (χ1) is 10.8. The quantitative estimate of drug-likeness (QED) is 0.809. The van der Waals surface area contributed by atoms with E-state index in [0.717, 1.165) is 35.5 Å². The maximum absolute atomic E-state index is 6.27. The number of nitrogens with two attached hydrogens (primary N) is 1. The van der Waals surface area contributed by atoms with E-state index >= 15 is 0 Å². The number of fused-ring (bicyclic) bond motifs is 1. The Hall–Kier alpha value is -1.88. The van der Waals surface area contributed by atoms with Gasteiger partial charge in [-0.15, -0.1) is 0 Å². The van der Waals surface area contributed by atoms with Gasteiger partial charge in [-0.05, 0) is 37.8 Å². The topological polar surface area (TPSA) is 75.9 Å². The van der Waals surface area contributed by atoms with E-state index in [9.17, 15) is 0 Å². The molecule has 2 aliphatic carbocycles. The predicted octanol–water partition coefficient (Wildman–Crippen LogP) is 2.89. The molecule has 0 saturated heterocycles. The van der Waals surface area contributed by atoms with Crippen LogP contribution in [0.4, 0.5) is 11.6 Å². The van der Waals surface area contributed by atoms with Crippen LogP contribution in [0.15, 0.2) is 24.3 Å². The predicted molar refractivity (Wildman–Crippen MR) is 90.0 cm³/mol. The summed E-state index contributed by atoms with van der Waals surface area (Å²) in [5, 5.41) is 7.07. The number of rotatable bonds is 4. The first kappa shape index (κ1) is 13.8. The molecular weight excluding hydrogens is 274 g/mol. The van der Waals surface area contributed by atoms with Gasteiger partial charge < -0.3 is 16.4 Å². The van der Waals surface area contributed by atoms with Gasteiger partial charge in [-0.1, -0.05) is 25.0 Å². The zero-order valence-corrected chi connectivity index (χ0v) is 12.8. The fourth-order valence-corrected chi connectivity index (χ4v) is 3.14. The molecule has 2 atom stereocenters. The molecule has 0 spiro atoms. The number of nitrogens with zero attached hydrogens (tertiary/aromatic N) is 2. The second kappa shape index (κ2) is 5.72. The Morgan fingerprint density at radius 3 is 2.14 bits per heavy atom. The number of hydrogen-bond acceptors (Lipinski definition) is 5. The van der Waals surface area contributed by atoms with Gasteiger partial charge in [-0.3, -0.25) is 0 Å². The molecule has 5 heteroatoms. The lowest BCUT2D eigenvalue weighted by atomic mass is 9.91. The Kier molecular flexibility index (Phi) is 3.58. The van der Waals surface area contributed by atoms with Crippen LogP contribution in [0.1, 0.15) is 38.5 Å². The van der Waals surface area contributed by atoms with E-state index in [4.69, 9.17) is 15.7 Å². The molecular formula is C17H23N5. The molecule has 4 rings (SSSR count). The van der Waals surface area contributed by atoms with Gasteiger partial charge in [0.25, 0.3) is 0 Å². The fourth-order valence-electron chi connectivity index (χ4n) is 3.14. The molecule has 5 nitrogen and oxygen atoms in total. The van der Waals surface area contributed by atoms with Crippen LogP contribution in [0.3, 0.4) is 0 Å². The van der Waals surface area contributed by atoms with Crippen molar-refractivity contribution >= 4 is 22.7 Å². The maximum atomic E-state index is 6.27. The summed E-state index contributed by atoms with van der Waals surface area (Å²) in [6.45, 7) is 0. The summed E-state index contributed by atoms with van der Waals surface area (Å²) in [6.07, 6.45) is 7.10. The number of anilines is 2. The molecule has 0 bridgehead atoms. The van der Waals surface area contributed by atoms with Crippen molar-refractivity contribution in [2.45, 2.75) is 56.7 Å². The third kappa shape index (κ3) is 2.86. The minimum atomic E-state index is 0.204. The zero-order valence-electron chi connectivity index (χ0n) is 12.8. The second-order valence-corrected chi connectivity index (χ2v) is 6.53. The van der Waals surface area contributed by atoms with E-state index in [-0.39, 0.29) is 6.04 Å². The molecule has 22 heavy (non-hydrogen) atoms. The molecule has 0 aliphatic heterocycles. The molecule has 1 heterocycles. The van der Waals surface area contributed by atoms with Gasteiger partial charge in [0.15, 0.2) is 11.6 Å². The summed E-state index contributed by atoms with van der Waals surface area (Å²) in [7, 11) is 0. The van der Waals surface area contributed by atoms with Crippen molar-refractivity contribution in [1.29, 1.82) is 0 Å². The highest BCUT2D eigenvalue weighted by Crippen LogP contribution is 2.30. The molecule has 2 fully saturated rings. The van der Waals surface area contributed by atoms with Crippen LogP contribution in [-0.4, -0.2) is 28.1 Å². The summed E-state index contributed by atoms with van der Waals surface area (Å²) in [5.41, 5.74) is 8.13. The van der Waals surface area contributed by atoms with Crippen LogP contribution in [0.2, 0.25) is 0 Å². The highest BCUT2D eigenvalue weighted by Gasteiger charge is 2.26. The highest BCUT2D eigenvalue weighted by molar-refractivity contribution is 5.80. The van der Waals surface area contributed by atoms with Gasteiger partial charge in [-0.2, -0.15) is 0 Å². The standard InChI is InChI=1S/C17H23N5/c18-12-5-1-2-6-13(12)20-17-16(19-11-9-10-11)21-14-7-3-4-8-15(14)22-17/h3-4,7-8,11-13H,1-2,5-6,9-10,18H2,(H,19,21)(H,20,22)/t12-,13+/m0/s1. The number of aromatic nitrogens is 2. The minimum absolute atomic E-state index is 0.204. The molecule has 2 aliphatic rings. The van der Waals surface area contributed by atoms with E-state index in [1.54, 1.807) is 0 Å². The summed E-state index contributed by atoms with van der Waals surface area (Å²) in [4.78, 5) is 9.56. The Labute approximate surface area is 130 Å². The first-order valence-corrected chi connectivity index (χ1v) is 8.35. The lowest BCUT2D eigenvalue weighted by molar-refractivity contribution is 0.403. The number of hydrogen-bond donors (Lipinski definition) is 3. The molecule has 0 radical (unpaired) electrons. The summed E-state index contributed by atoms with van der Waals surface area (Å²) in [6, 6.07) is 9.07. The van der Waals surface area contributed by atoms with Gasteiger partial charge in [-0.25, -0.2) is 9.97 Å². The Morgan fingerprint density at radius 2 is 1.50 bits per heavy atom. The average Bonchev–Trinajstić information content (AvgIpc) is 3.34. The van der Waals surface area contributed by atoms with E-state index < -0.39 is 0 Å². The van der Waals surface area contributed by atoms with Crippen LogP contribution in [0.5, 0.6) is 0 Å². The van der Waals surface area contributed by atoms with Crippen molar-refractivity contribution in [3.05, 3.63) is 24.3 Å². The molecule has 0 amide bonds. The largest absolute Gasteiger partial charge is 0.364 e. The van der Waals surface area contributed by atoms with Crippen molar-refractivity contribution in [3.63, 3.8) is 0 Å². The van der Waals surface area contributed by atoms with Crippen LogP contribution < -0.4 is 16.4 Å². The van der Waals surface area contributed by atoms with Crippen molar-refractivity contribution in [1.82, 2.24) is 9.97 Å². The normalized spacial score (nSPS) is 25.1. The Morgan fingerprint density at radius 1 is 0.864 bits per heavy atom. The summed E-state index contributed by atoms with van der Waals surface area (Å²) >= 11 is 0. The van der Waals surface area contributed by atoms with Crippen molar-refractivity contribution in [2.75, 3.05) is 10.6 Å². The highest BCUT2D eigenvalue weighted by atomic mass is 15.1. The first-order valence-electron chi connectivity index (χ1n) is 8.35. The second-order valence-electron chi connectivity index (χ2n) is 6.53. The average molecular weight is 297 g/mol. The van der Waals surface area contributed by atoms with Crippen LogP contribution in [0.25, 0.3) is 11.0 Å². The van der Waals surface area contributed by atoms with Crippen LogP contribution in [0, 0.1) is 0 Å². The molecule has 2 saturated carbocycles. The van der Waals surface area contributed by atoms with Crippen LogP contribution >= 0.6 is 0 Å². The van der Waals surface area contributed by atoms with Gasteiger partial charge >= 0.3 is 0 Å². The van der Waals surface area contributed by atoms with E-state index in [1.165, 1.54) is 25.7 Å². The van der Waals surface area contributed by atoms with Crippen molar-refractivity contribution in [3.8, 4) is 0 Å². The molecule has 116 valence electrons. The number of nitrogens with one attached hydrogen (secondary N) is 2. The summed E-state index contributed by atoms with van der Waals surface area (Å²) < 4.78 is 0. The lowest BCUT2D eigenvalue weighted by Crippen LogP contribution is -2.43. The van der Waals surface area contributed by atoms with E-state index in [0.29, 0.717) is 12.1 Å². The van der Waals surface area contributed by atoms with E-state index in [1.807, 2.05) is 24.3 Å². The molecule has 1 aromatic carbocycles. The fraction of sp³-hybridized carbons (Fsp3) is 0.529. The van der Waals surface area contributed by atoms with Gasteiger partial charge in [0, 0.05) is 18.1 Å². The number of benzene rings is 1. The Balaban J connectivity index is 1.66. The van der Waals surface area contributed by atoms with Crippen molar-refractivity contribution in [2.24, 2.45) is 5.73 Å². The third-order valence-corrected chi connectivity index (χ3v) is 4.63. The van der Waals surface area contributed by atoms with Crippen LogP contribution in [-0.2, 0) is 0 Å². The number of para-hydroxylation sites is 2. The molecule has 2 aromatic rings. The van der Waals surface area contributed by atoms with Gasteiger partial charge in [0.1, 0.15) is 0 Å². The lowest BCUT2D eigenvalue weighted by Gasteiger charge is -2.30. The van der Waals surface area contributed by atoms with Crippen molar-refractivity contribution < 1.29 is 0 Å². The molecule has 4 N–H and O–H groups in total. The zero-order chi connectivity index (χ0) is 14.9. The molecule has 0 unspecified atom stereocenters. The third-order valence-electron chi connectivity index (χ3n) is 4.63. The van der Waals surface area contributed by atoms with E-state index in [2.05, 4.69) is 10.6 Å². The van der Waals surface area contributed by atoms with Gasteiger partial charge in [0.05, 0.1) is 11.0 Å². The maximum Gasteiger partial charge on any atom is 0.170 e. The SMILES string of the molecule is N[C@H]1CCCC[C@H]1Nc1nc2ccccc2nc1NC1CC1. The molecule has 1 aromatic heterocycles. The Bertz CT molecular complexity index is 667.